The van der Waals surface area contributed by atoms with Crippen LogP contribution in [0.15, 0.2) is 42.5 Å². The highest BCUT2D eigenvalue weighted by Crippen LogP contribution is 2.31. The highest BCUT2D eigenvalue weighted by molar-refractivity contribution is 6.31. The van der Waals surface area contributed by atoms with Crippen LogP contribution in [-0.4, -0.2) is 26.3 Å². The molecule has 0 saturated heterocycles. The summed E-state index contributed by atoms with van der Waals surface area (Å²) < 4.78 is 48.1. The van der Waals surface area contributed by atoms with Gasteiger partial charge in [0.1, 0.15) is 18.1 Å². The van der Waals surface area contributed by atoms with Crippen molar-refractivity contribution in [3.8, 4) is 23.3 Å². The number of urea groups is 1. The van der Waals surface area contributed by atoms with Gasteiger partial charge in [-0.05, 0) is 36.4 Å². The van der Waals surface area contributed by atoms with Gasteiger partial charge in [0.05, 0.1) is 24.9 Å². The van der Waals surface area contributed by atoms with Crippen LogP contribution in [-0.2, 0) is 6.18 Å². The van der Waals surface area contributed by atoms with Crippen molar-refractivity contribution >= 4 is 23.3 Å². The maximum atomic E-state index is 12.6. The van der Waals surface area contributed by atoms with E-state index in [1.54, 1.807) is 12.1 Å². The van der Waals surface area contributed by atoms with Gasteiger partial charge in [0, 0.05) is 5.02 Å². The normalized spacial score (nSPS) is 10.5. The number of carbonyl (C=O) groups excluding carboxylic acids is 1. The molecule has 0 atom stereocenters. The van der Waals surface area contributed by atoms with E-state index in [0.717, 1.165) is 12.1 Å². The number of anilines is 1. The minimum absolute atomic E-state index is 0.0145. The predicted molar refractivity (Wildman–Crippen MR) is 99.7 cm³/mol. The highest BCUT2D eigenvalue weighted by atomic mass is 35.5. The summed E-state index contributed by atoms with van der Waals surface area (Å²) in [5, 5.41) is 5.51. The number of ether oxygens (including phenoxy) is 2. The van der Waals surface area contributed by atoms with Crippen LogP contribution in [0.25, 0.3) is 0 Å². The zero-order valence-electron chi connectivity index (χ0n) is 14.7. The lowest BCUT2D eigenvalue weighted by Gasteiger charge is -2.10. The molecule has 0 unspecified atom stereocenters. The van der Waals surface area contributed by atoms with Crippen LogP contribution in [0.1, 0.15) is 5.56 Å². The van der Waals surface area contributed by atoms with E-state index >= 15 is 0 Å². The van der Waals surface area contributed by atoms with Crippen LogP contribution in [0.2, 0.25) is 5.02 Å². The molecule has 2 rings (SSSR count). The quantitative estimate of drug-likeness (QED) is 0.707. The van der Waals surface area contributed by atoms with Crippen molar-refractivity contribution in [3.05, 3.63) is 53.1 Å². The van der Waals surface area contributed by atoms with Gasteiger partial charge in [-0.25, -0.2) is 4.79 Å². The van der Waals surface area contributed by atoms with Crippen molar-refractivity contribution in [2.24, 2.45) is 0 Å². The number of methoxy groups -OCH3 is 1. The molecule has 148 valence electrons. The fourth-order valence-electron chi connectivity index (χ4n) is 2.06. The Balaban J connectivity index is 1.78. The Bertz CT molecular complexity index is 892. The van der Waals surface area contributed by atoms with Crippen LogP contribution in [0.4, 0.5) is 23.7 Å². The van der Waals surface area contributed by atoms with E-state index in [1.165, 1.54) is 25.3 Å². The first-order valence-corrected chi connectivity index (χ1v) is 8.31. The molecule has 5 nitrogen and oxygen atoms in total. The van der Waals surface area contributed by atoms with Gasteiger partial charge in [-0.3, -0.25) is 0 Å². The van der Waals surface area contributed by atoms with Crippen molar-refractivity contribution in [1.82, 2.24) is 5.32 Å². The molecular formula is C19H16ClF3N2O3. The summed E-state index contributed by atoms with van der Waals surface area (Å²) in [4.78, 5) is 11.9. The first-order valence-electron chi connectivity index (χ1n) is 7.94. The summed E-state index contributed by atoms with van der Waals surface area (Å²) >= 11 is 5.88. The number of nitrogens with one attached hydrogen (secondary N) is 2. The molecule has 0 bridgehead atoms. The van der Waals surface area contributed by atoms with Crippen molar-refractivity contribution in [1.29, 1.82) is 0 Å². The van der Waals surface area contributed by atoms with Crippen LogP contribution in [0, 0.1) is 11.8 Å². The monoisotopic (exact) mass is 412 g/mol. The fraction of sp³-hybridized carbons (Fsp3) is 0.211. The summed E-state index contributed by atoms with van der Waals surface area (Å²) in [5.41, 5.74) is -0.402. The Morgan fingerprint density at radius 2 is 1.96 bits per heavy atom. The van der Waals surface area contributed by atoms with E-state index in [4.69, 9.17) is 21.1 Å². The molecule has 0 aliphatic heterocycles. The van der Waals surface area contributed by atoms with Gasteiger partial charge in [-0.15, -0.1) is 0 Å². The number of benzene rings is 2. The number of amides is 2. The fourth-order valence-corrected chi connectivity index (χ4v) is 2.24. The van der Waals surface area contributed by atoms with E-state index in [0.29, 0.717) is 16.5 Å². The summed E-state index contributed by atoms with van der Waals surface area (Å²) in [5.74, 6) is 5.73. The molecule has 0 aliphatic rings. The third-order valence-electron chi connectivity index (χ3n) is 3.34. The molecule has 0 spiro atoms. The Kier molecular flexibility index (Phi) is 7.41. The Morgan fingerprint density at radius 1 is 1.18 bits per heavy atom. The molecule has 28 heavy (non-hydrogen) atoms. The number of halogens is 4. The second kappa shape index (κ2) is 9.76. The van der Waals surface area contributed by atoms with Crippen molar-refractivity contribution in [2.75, 3.05) is 25.6 Å². The molecule has 0 fully saturated rings. The van der Waals surface area contributed by atoms with Gasteiger partial charge >= 0.3 is 12.2 Å². The van der Waals surface area contributed by atoms with E-state index in [1.807, 2.05) is 0 Å². The Labute approximate surface area is 164 Å². The predicted octanol–water partition coefficient (Wildman–Crippen LogP) is 4.57. The molecule has 0 heterocycles. The van der Waals surface area contributed by atoms with E-state index in [9.17, 15) is 18.0 Å². The second-order valence-electron chi connectivity index (χ2n) is 5.32. The molecule has 2 N–H and O–H groups in total. The average molecular weight is 413 g/mol. The van der Waals surface area contributed by atoms with E-state index < -0.39 is 17.8 Å². The largest absolute Gasteiger partial charge is 0.495 e. The molecular weight excluding hydrogens is 397 g/mol. The lowest BCUT2D eigenvalue weighted by atomic mass is 10.2. The summed E-state index contributed by atoms with van der Waals surface area (Å²) in [6.07, 6.45) is -4.44. The van der Waals surface area contributed by atoms with Gasteiger partial charge in [0.2, 0.25) is 0 Å². The maximum Gasteiger partial charge on any atom is 0.416 e. The molecule has 0 aromatic heterocycles. The van der Waals surface area contributed by atoms with Crippen LogP contribution in [0.3, 0.4) is 0 Å². The minimum atomic E-state index is -4.44. The van der Waals surface area contributed by atoms with Crippen LogP contribution >= 0.6 is 11.6 Å². The smallest absolute Gasteiger partial charge is 0.416 e. The molecule has 2 amide bonds. The zero-order valence-corrected chi connectivity index (χ0v) is 15.4. The van der Waals surface area contributed by atoms with Gasteiger partial charge in [-0.1, -0.05) is 29.5 Å². The van der Waals surface area contributed by atoms with Crippen LogP contribution in [0.5, 0.6) is 11.5 Å². The van der Waals surface area contributed by atoms with Crippen molar-refractivity contribution in [3.63, 3.8) is 0 Å². The number of alkyl halides is 3. The van der Waals surface area contributed by atoms with Gasteiger partial charge in [0.25, 0.3) is 0 Å². The Hall–Kier alpha value is -3.05. The molecule has 2 aromatic rings. The molecule has 2 aromatic carbocycles. The standard InChI is InChI=1S/C19H16ClF3N2O3/c1-27-17-8-7-14(20)12-16(17)25-18(26)24-9-2-3-10-28-15-6-4-5-13(11-15)19(21,22)23/h4-8,11-12H,9-10H2,1H3,(H2,24,25,26). The Morgan fingerprint density at radius 3 is 2.68 bits per heavy atom. The lowest BCUT2D eigenvalue weighted by Crippen LogP contribution is -2.29. The van der Waals surface area contributed by atoms with E-state index in [-0.39, 0.29) is 18.9 Å². The number of hydrogen-bond donors (Lipinski definition) is 2. The topological polar surface area (TPSA) is 59.6 Å². The maximum absolute atomic E-state index is 12.6. The summed E-state index contributed by atoms with van der Waals surface area (Å²) in [7, 11) is 1.46. The van der Waals surface area contributed by atoms with Crippen LogP contribution < -0.4 is 20.1 Å². The van der Waals surface area contributed by atoms with Gasteiger partial charge in [0.15, 0.2) is 0 Å². The van der Waals surface area contributed by atoms with Gasteiger partial charge in [-0.2, -0.15) is 13.2 Å². The lowest BCUT2D eigenvalue weighted by molar-refractivity contribution is -0.137. The van der Waals surface area contributed by atoms with Crippen molar-refractivity contribution < 1.29 is 27.4 Å². The minimum Gasteiger partial charge on any atom is -0.495 e. The number of rotatable bonds is 5. The number of carbonyl (C=O) groups is 1. The third-order valence-corrected chi connectivity index (χ3v) is 3.58. The van der Waals surface area contributed by atoms with E-state index in [2.05, 4.69) is 22.5 Å². The summed E-state index contributed by atoms with van der Waals surface area (Å²) in [6.45, 7) is -0.104. The molecule has 9 heteroatoms. The third kappa shape index (κ3) is 6.59. The second-order valence-corrected chi connectivity index (χ2v) is 5.76. The summed E-state index contributed by atoms with van der Waals surface area (Å²) in [6, 6.07) is 8.76. The zero-order chi connectivity index (χ0) is 20.6. The SMILES string of the molecule is COc1ccc(Cl)cc1NC(=O)NCC#CCOc1cccc(C(F)(F)F)c1. The molecule has 0 aliphatic carbocycles. The first kappa shape index (κ1) is 21.3. The average Bonchev–Trinajstić information content (AvgIpc) is 2.64. The van der Waals surface area contributed by atoms with Gasteiger partial charge < -0.3 is 20.1 Å². The molecule has 0 radical (unpaired) electrons. The molecule has 0 saturated carbocycles. The first-order chi connectivity index (χ1) is 13.3. The highest BCUT2D eigenvalue weighted by Gasteiger charge is 2.30. The van der Waals surface area contributed by atoms with Crippen molar-refractivity contribution in [2.45, 2.75) is 6.18 Å². The number of hydrogen-bond acceptors (Lipinski definition) is 3.